The van der Waals surface area contributed by atoms with Gasteiger partial charge in [0.2, 0.25) is 0 Å². The van der Waals surface area contributed by atoms with Gasteiger partial charge in [-0.25, -0.2) is 4.79 Å². The van der Waals surface area contributed by atoms with Crippen LogP contribution in [0.4, 0.5) is 0 Å². The van der Waals surface area contributed by atoms with E-state index in [1.807, 2.05) is 19.9 Å². The zero-order valence-corrected chi connectivity index (χ0v) is 12.6. The van der Waals surface area contributed by atoms with Crippen LogP contribution in [0, 0.1) is 11.3 Å². The van der Waals surface area contributed by atoms with Gasteiger partial charge >= 0.3 is 5.97 Å². The number of ether oxygens (including phenoxy) is 1. The maximum absolute atomic E-state index is 11.7. The summed E-state index contributed by atoms with van der Waals surface area (Å²) in [5.74, 6) is -0.415. The largest absolute Gasteiger partial charge is 0.465 e. The number of carbonyl (C=O) groups is 1. The number of hydrogen-bond donors (Lipinski definition) is 0. The predicted octanol–water partition coefficient (Wildman–Crippen LogP) is 2.27. The molecule has 1 aromatic carbocycles. The van der Waals surface area contributed by atoms with Gasteiger partial charge in [0, 0.05) is 13.6 Å². The molecule has 0 aliphatic carbocycles. The molecule has 0 radical (unpaired) electrons. The van der Waals surface area contributed by atoms with Crippen molar-refractivity contribution in [3.63, 3.8) is 0 Å². The third-order valence-corrected chi connectivity index (χ3v) is 3.13. The lowest BCUT2D eigenvalue weighted by molar-refractivity contribution is -0.116. The van der Waals surface area contributed by atoms with Crippen molar-refractivity contribution in [1.82, 2.24) is 5.06 Å². The van der Waals surface area contributed by atoms with Crippen LogP contribution in [0.1, 0.15) is 35.3 Å². The van der Waals surface area contributed by atoms with Crippen LogP contribution in [0.2, 0.25) is 0 Å². The maximum Gasteiger partial charge on any atom is 0.337 e. The Bertz CT molecular complexity index is 532. The standard InChI is InChI=1S/C15H20N2O3/c1-15(2,10-16)13-7-11(9-17(3)20-5)6-12(8-13)14(18)19-4/h6-8H,9H2,1-5H3. The lowest BCUT2D eigenvalue weighted by Gasteiger charge is -2.20. The molecule has 0 aromatic heterocycles. The van der Waals surface area contributed by atoms with Gasteiger partial charge in [-0.05, 0) is 37.1 Å². The van der Waals surface area contributed by atoms with E-state index in [1.54, 1.807) is 31.4 Å². The van der Waals surface area contributed by atoms with Crippen molar-refractivity contribution in [2.24, 2.45) is 0 Å². The van der Waals surface area contributed by atoms with Crippen molar-refractivity contribution in [1.29, 1.82) is 5.26 Å². The summed E-state index contributed by atoms with van der Waals surface area (Å²) in [6.07, 6.45) is 0. The average Bonchev–Trinajstić information content (AvgIpc) is 2.45. The molecule has 0 atom stereocenters. The number of methoxy groups -OCH3 is 1. The fraction of sp³-hybridized carbons (Fsp3) is 0.467. The van der Waals surface area contributed by atoms with E-state index in [4.69, 9.17) is 9.57 Å². The van der Waals surface area contributed by atoms with Crippen LogP contribution in [0.5, 0.6) is 0 Å². The van der Waals surface area contributed by atoms with E-state index < -0.39 is 11.4 Å². The highest BCUT2D eigenvalue weighted by molar-refractivity contribution is 5.89. The molecule has 5 heteroatoms. The summed E-state index contributed by atoms with van der Waals surface area (Å²) in [7, 11) is 4.70. The molecule has 0 unspecified atom stereocenters. The molecule has 0 amide bonds. The Morgan fingerprint density at radius 3 is 2.50 bits per heavy atom. The lowest BCUT2D eigenvalue weighted by Crippen LogP contribution is -2.19. The van der Waals surface area contributed by atoms with E-state index in [0.29, 0.717) is 12.1 Å². The molecule has 0 saturated heterocycles. The Labute approximate surface area is 119 Å². The van der Waals surface area contributed by atoms with E-state index in [2.05, 4.69) is 6.07 Å². The molecule has 108 valence electrons. The second-order valence-corrected chi connectivity index (χ2v) is 5.12. The van der Waals surface area contributed by atoms with Crippen molar-refractivity contribution in [2.45, 2.75) is 25.8 Å². The zero-order chi connectivity index (χ0) is 15.3. The SMILES string of the molecule is COC(=O)c1cc(CN(C)OC)cc(C(C)(C)C#N)c1. The van der Waals surface area contributed by atoms with Gasteiger partial charge < -0.3 is 9.57 Å². The van der Waals surface area contributed by atoms with Crippen LogP contribution in [0.25, 0.3) is 0 Å². The quantitative estimate of drug-likeness (QED) is 0.610. The second-order valence-electron chi connectivity index (χ2n) is 5.12. The second kappa shape index (κ2) is 6.51. The van der Waals surface area contributed by atoms with Crippen LogP contribution >= 0.6 is 0 Å². The van der Waals surface area contributed by atoms with E-state index in [1.165, 1.54) is 7.11 Å². The average molecular weight is 276 g/mol. The number of nitrogens with zero attached hydrogens (tertiary/aromatic N) is 2. The first-order chi connectivity index (χ1) is 9.33. The molecule has 0 aliphatic rings. The van der Waals surface area contributed by atoms with Crippen LogP contribution in [0.15, 0.2) is 18.2 Å². The number of hydrogen-bond acceptors (Lipinski definition) is 5. The van der Waals surface area contributed by atoms with Crippen molar-refractivity contribution in [2.75, 3.05) is 21.3 Å². The molecule has 5 nitrogen and oxygen atoms in total. The third kappa shape index (κ3) is 3.80. The minimum Gasteiger partial charge on any atom is -0.465 e. The predicted molar refractivity (Wildman–Crippen MR) is 74.9 cm³/mol. The first-order valence-electron chi connectivity index (χ1n) is 6.23. The molecule has 0 saturated carbocycles. The summed E-state index contributed by atoms with van der Waals surface area (Å²) in [5.41, 5.74) is 1.43. The number of nitriles is 1. The number of benzene rings is 1. The smallest absolute Gasteiger partial charge is 0.337 e. The molecule has 0 aliphatic heterocycles. The van der Waals surface area contributed by atoms with Crippen molar-refractivity contribution in [3.05, 3.63) is 34.9 Å². The monoisotopic (exact) mass is 276 g/mol. The Morgan fingerprint density at radius 2 is 2.00 bits per heavy atom. The number of carbonyl (C=O) groups excluding carboxylic acids is 1. The van der Waals surface area contributed by atoms with Gasteiger partial charge in [-0.3, -0.25) is 0 Å². The number of rotatable bonds is 5. The highest BCUT2D eigenvalue weighted by Gasteiger charge is 2.22. The van der Waals surface area contributed by atoms with Crippen molar-refractivity contribution in [3.8, 4) is 6.07 Å². The van der Waals surface area contributed by atoms with Crippen molar-refractivity contribution >= 4 is 5.97 Å². The Hall–Kier alpha value is -1.90. The summed E-state index contributed by atoms with van der Waals surface area (Å²) in [6.45, 7) is 4.14. The summed E-state index contributed by atoms with van der Waals surface area (Å²) < 4.78 is 4.76. The van der Waals surface area contributed by atoms with Gasteiger partial charge in [-0.2, -0.15) is 10.3 Å². The Morgan fingerprint density at radius 1 is 1.35 bits per heavy atom. The normalized spacial score (nSPS) is 11.2. The first kappa shape index (κ1) is 16.2. The Balaban J connectivity index is 3.29. The van der Waals surface area contributed by atoms with E-state index in [-0.39, 0.29) is 0 Å². The molecule has 0 fully saturated rings. The highest BCUT2D eigenvalue weighted by atomic mass is 16.7. The van der Waals surface area contributed by atoms with Gasteiger partial charge in [0.25, 0.3) is 0 Å². The van der Waals surface area contributed by atoms with E-state index in [0.717, 1.165) is 11.1 Å². The van der Waals surface area contributed by atoms with Crippen LogP contribution in [-0.2, 0) is 21.5 Å². The molecular weight excluding hydrogens is 256 g/mol. The molecule has 0 bridgehead atoms. The summed E-state index contributed by atoms with van der Waals surface area (Å²) in [5, 5.41) is 10.9. The number of hydroxylamine groups is 2. The fourth-order valence-corrected chi connectivity index (χ4v) is 1.77. The minimum absolute atomic E-state index is 0.415. The van der Waals surface area contributed by atoms with Crippen LogP contribution in [0.3, 0.4) is 0 Å². The summed E-state index contributed by atoms with van der Waals surface area (Å²) >= 11 is 0. The topological polar surface area (TPSA) is 62.6 Å². The first-order valence-corrected chi connectivity index (χ1v) is 6.23. The lowest BCUT2D eigenvalue weighted by atomic mass is 9.84. The zero-order valence-electron chi connectivity index (χ0n) is 12.6. The van der Waals surface area contributed by atoms with Crippen molar-refractivity contribution < 1.29 is 14.4 Å². The minimum atomic E-state index is -0.676. The van der Waals surface area contributed by atoms with Gasteiger partial charge in [0.15, 0.2) is 0 Å². The number of esters is 1. The third-order valence-electron chi connectivity index (χ3n) is 3.13. The van der Waals surface area contributed by atoms with Gasteiger partial charge in [-0.15, -0.1) is 0 Å². The Kier molecular flexibility index (Phi) is 5.26. The van der Waals surface area contributed by atoms with E-state index >= 15 is 0 Å². The molecule has 20 heavy (non-hydrogen) atoms. The molecule has 0 heterocycles. The van der Waals surface area contributed by atoms with E-state index in [9.17, 15) is 10.1 Å². The van der Waals surface area contributed by atoms with Crippen LogP contribution < -0.4 is 0 Å². The molecular formula is C15H20N2O3. The summed E-state index contributed by atoms with van der Waals surface area (Å²) in [4.78, 5) is 16.8. The summed E-state index contributed by atoms with van der Waals surface area (Å²) in [6, 6.07) is 7.60. The van der Waals surface area contributed by atoms with Gasteiger partial charge in [0.1, 0.15) is 0 Å². The van der Waals surface area contributed by atoms with Gasteiger partial charge in [0.05, 0.1) is 31.3 Å². The maximum atomic E-state index is 11.7. The van der Waals surface area contributed by atoms with Crippen LogP contribution in [-0.4, -0.2) is 32.3 Å². The molecule has 1 aromatic rings. The molecule has 0 N–H and O–H groups in total. The van der Waals surface area contributed by atoms with Gasteiger partial charge in [-0.1, -0.05) is 6.07 Å². The molecule has 1 rings (SSSR count). The highest BCUT2D eigenvalue weighted by Crippen LogP contribution is 2.25. The fourth-order valence-electron chi connectivity index (χ4n) is 1.77. The molecule has 0 spiro atoms.